The van der Waals surface area contributed by atoms with E-state index in [1.165, 1.54) is 24.5 Å². The van der Waals surface area contributed by atoms with Crippen LogP contribution in [-0.2, 0) is 30.3 Å². The van der Waals surface area contributed by atoms with Gasteiger partial charge in [-0.05, 0) is 26.2 Å². The van der Waals surface area contributed by atoms with E-state index in [0.29, 0.717) is 24.5 Å². The molecule has 0 aliphatic carbocycles. The molecule has 0 spiro atoms. The number of rotatable bonds is 14. The molecule has 3 N–H and O–H groups in total. The summed E-state index contributed by atoms with van der Waals surface area (Å²) < 4.78 is 15.3. The largest absolute Gasteiger partial charge is 0.382 e. The van der Waals surface area contributed by atoms with Crippen LogP contribution in [0.15, 0.2) is 21.5 Å². The summed E-state index contributed by atoms with van der Waals surface area (Å²) in [5, 5.41) is 13.5. The highest BCUT2D eigenvalue weighted by Crippen LogP contribution is 2.29. The molecule has 2 aromatic heterocycles. The van der Waals surface area contributed by atoms with Gasteiger partial charge in [0, 0.05) is 25.0 Å². The zero-order valence-electron chi connectivity index (χ0n) is 21.5. The second kappa shape index (κ2) is 12.4. The fourth-order valence-electron chi connectivity index (χ4n) is 3.68. The molecule has 12 nitrogen and oxygen atoms in total. The average molecular weight is 536 g/mol. The number of nitrogens with zero attached hydrogens (tertiary/aromatic N) is 2. The summed E-state index contributed by atoms with van der Waals surface area (Å²) in [7, 11) is 1.38. The maximum absolute atomic E-state index is 13.4. The van der Waals surface area contributed by atoms with Gasteiger partial charge in [0.2, 0.25) is 11.8 Å². The lowest BCUT2D eigenvalue weighted by molar-refractivity contribution is -0.133. The molecule has 2 aromatic rings. The van der Waals surface area contributed by atoms with E-state index < -0.39 is 41.4 Å². The first-order valence-electron chi connectivity index (χ1n) is 11.9. The molecule has 3 amide bonds. The molecular weight excluding hydrogens is 502 g/mol. The number of Topliss-reactive ketones (excluding diaryl/α,β-unsaturated/α-hetero) is 1. The Hall–Kier alpha value is -3.16. The Bertz CT molecular complexity index is 1100. The normalized spacial score (nSPS) is 19.1. The monoisotopic (exact) mass is 535 g/mol. The van der Waals surface area contributed by atoms with Gasteiger partial charge in [0.1, 0.15) is 23.4 Å². The number of carbonyl (C=O) groups excluding carboxylic acids is 4. The molecule has 1 unspecified atom stereocenters. The standard InChI is InChI=1S/C24H33N5O7S/c1-13(2)6-16(20(30)24(4)11-35-24)26-21(31)17(8-15-10-37-12-25-15)27-23(33)19(9-34-5)28-22(32)18-7-14(3)36-29-18/h7,10,12-13,16-17,19H,6,8-9,11H2,1-5H3,(H,26,31)(H,27,33)(H,28,32)/t16?,17-,19-,24+/m0/s1. The number of aryl methyl sites for hydroxylation is 1. The smallest absolute Gasteiger partial charge is 0.274 e. The van der Waals surface area contributed by atoms with Crippen LogP contribution in [0.2, 0.25) is 0 Å². The topological polar surface area (TPSA) is 165 Å². The van der Waals surface area contributed by atoms with Gasteiger partial charge in [0.25, 0.3) is 5.91 Å². The van der Waals surface area contributed by atoms with Crippen LogP contribution in [0, 0.1) is 12.8 Å². The molecule has 0 saturated carbocycles. The van der Waals surface area contributed by atoms with Gasteiger partial charge in [-0.15, -0.1) is 11.3 Å². The Morgan fingerprint density at radius 2 is 1.81 bits per heavy atom. The van der Waals surface area contributed by atoms with Crippen molar-refractivity contribution in [2.24, 2.45) is 5.92 Å². The number of amides is 3. The van der Waals surface area contributed by atoms with Crippen LogP contribution in [0.5, 0.6) is 0 Å². The molecule has 0 aromatic carbocycles. The number of hydrogen-bond acceptors (Lipinski definition) is 10. The third-order valence-electron chi connectivity index (χ3n) is 5.78. The summed E-state index contributed by atoms with van der Waals surface area (Å²) >= 11 is 1.35. The minimum absolute atomic E-state index is 0.00833. The van der Waals surface area contributed by atoms with Crippen LogP contribution < -0.4 is 16.0 Å². The maximum atomic E-state index is 13.4. The van der Waals surface area contributed by atoms with Gasteiger partial charge in [-0.2, -0.15) is 0 Å². The van der Waals surface area contributed by atoms with Gasteiger partial charge in [-0.1, -0.05) is 19.0 Å². The van der Waals surface area contributed by atoms with Crippen molar-refractivity contribution in [3.8, 4) is 0 Å². The molecule has 1 fully saturated rings. The summed E-state index contributed by atoms with van der Waals surface area (Å²) in [6.07, 6.45) is 0.508. The van der Waals surface area contributed by atoms with E-state index in [2.05, 4.69) is 26.1 Å². The first-order chi connectivity index (χ1) is 17.5. The third-order valence-corrected chi connectivity index (χ3v) is 6.42. The molecule has 37 heavy (non-hydrogen) atoms. The number of aromatic nitrogens is 2. The summed E-state index contributed by atoms with van der Waals surface area (Å²) in [6, 6.07) is -1.52. The highest BCUT2D eigenvalue weighted by molar-refractivity contribution is 7.07. The number of epoxide rings is 1. The average Bonchev–Trinajstić information content (AvgIpc) is 3.20. The molecule has 13 heteroatoms. The fraction of sp³-hybridized carbons (Fsp3) is 0.583. The Morgan fingerprint density at radius 1 is 1.14 bits per heavy atom. The molecule has 3 heterocycles. The zero-order chi connectivity index (χ0) is 27.2. The Labute approximate surface area is 218 Å². The van der Waals surface area contributed by atoms with Crippen molar-refractivity contribution in [3.63, 3.8) is 0 Å². The second-order valence-electron chi connectivity index (χ2n) is 9.62. The molecule has 4 atom stereocenters. The molecular formula is C24H33N5O7S. The summed E-state index contributed by atoms with van der Waals surface area (Å²) in [5.41, 5.74) is 1.32. The van der Waals surface area contributed by atoms with Crippen LogP contribution >= 0.6 is 11.3 Å². The molecule has 1 aliphatic heterocycles. The second-order valence-corrected chi connectivity index (χ2v) is 10.3. The van der Waals surface area contributed by atoms with E-state index in [1.54, 1.807) is 24.7 Å². The van der Waals surface area contributed by atoms with E-state index >= 15 is 0 Å². The number of hydrogen-bond donors (Lipinski definition) is 3. The van der Waals surface area contributed by atoms with Gasteiger partial charge < -0.3 is 29.9 Å². The Morgan fingerprint density at radius 3 is 2.35 bits per heavy atom. The molecule has 0 bridgehead atoms. The highest BCUT2D eigenvalue weighted by Gasteiger charge is 2.50. The lowest BCUT2D eigenvalue weighted by Crippen LogP contribution is -2.58. The fourth-order valence-corrected chi connectivity index (χ4v) is 4.25. The molecule has 1 saturated heterocycles. The van der Waals surface area contributed by atoms with Gasteiger partial charge in [0.05, 0.1) is 30.5 Å². The minimum Gasteiger partial charge on any atom is -0.382 e. The number of ether oxygens (including phenoxy) is 2. The predicted octanol–water partition coefficient (Wildman–Crippen LogP) is 0.801. The Kier molecular flexibility index (Phi) is 9.51. The summed E-state index contributed by atoms with van der Waals surface area (Å²) in [5.74, 6) is -1.46. The van der Waals surface area contributed by atoms with Crippen LogP contribution in [0.25, 0.3) is 0 Å². The van der Waals surface area contributed by atoms with E-state index in [9.17, 15) is 19.2 Å². The molecule has 1 aliphatic rings. The quantitative estimate of drug-likeness (QED) is 0.297. The number of thiazole rings is 1. The van der Waals surface area contributed by atoms with Crippen LogP contribution in [0.3, 0.4) is 0 Å². The number of ketones is 1. The van der Waals surface area contributed by atoms with Gasteiger partial charge >= 0.3 is 0 Å². The van der Waals surface area contributed by atoms with Crippen molar-refractivity contribution < 1.29 is 33.2 Å². The Balaban J connectivity index is 1.75. The van der Waals surface area contributed by atoms with Crippen LogP contribution in [0.1, 0.15) is 49.1 Å². The molecule has 0 radical (unpaired) electrons. The van der Waals surface area contributed by atoms with Gasteiger partial charge in [0.15, 0.2) is 11.5 Å². The van der Waals surface area contributed by atoms with Crippen molar-refractivity contribution in [2.75, 3.05) is 20.3 Å². The highest BCUT2D eigenvalue weighted by atomic mass is 32.1. The molecule has 202 valence electrons. The van der Waals surface area contributed by atoms with E-state index in [-0.39, 0.29) is 30.4 Å². The zero-order valence-corrected chi connectivity index (χ0v) is 22.3. The SMILES string of the molecule is COC[C@H](NC(=O)c1cc(C)on1)C(=O)N[C@@H](Cc1cscn1)C(=O)NC(CC(C)C)C(=O)[C@@]1(C)CO1. The minimum atomic E-state index is -1.12. The first-order valence-corrected chi connectivity index (χ1v) is 12.9. The molecule has 3 rings (SSSR count). The van der Waals surface area contributed by atoms with Crippen LogP contribution in [0.4, 0.5) is 0 Å². The van der Waals surface area contributed by atoms with E-state index in [1.807, 2.05) is 13.8 Å². The number of nitrogens with one attached hydrogen (secondary N) is 3. The lowest BCUT2D eigenvalue weighted by atomic mass is 9.93. The number of carbonyl (C=O) groups is 4. The van der Waals surface area contributed by atoms with Crippen molar-refractivity contribution in [1.82, 2.24) is 26.1 Å². The van der Waals surface area contributed by atoms with E-state index in [4.69, 9.17) is 14.0 Å². The van der Waals surface area contributed by atoms with Crippen molar-refractivity contribution in [1.29, 1.82) is 0 Å². The predicted molar refractivity (Wildman–Crippen MR) is 133 cm³/mol. The summed E-state index contributed by atoms with van der Waals surface area (Å²) in [6.45, 7) is 7.38. The van der Waals surface area contributed by atoms with Crippen molar-refractivity contribution in [2.45, 2.75) is 64.3 Å². The summed E-state index contributed by atoms with van der Waals surface area (Å²) in [4.78, 5) is 56.3. The van der Waals surface area contributed by atoms with Crippen molar-refractivity contribution in [3.05, 3.63) is 34.1 Å². The lowest BCUT2D eigenvalue weighted by Gasteiger charge is -2.26. The van der Waals surface area contributed by atoms with Gasteiger partial charge in [-0.25, -0.2) is 4.98 Å². The number of methoxy groups -OCH3 is 1. The van der Waals surface area contributed by atoms with Gasteiger partial charge in [-0.3, -0.25) is 19.2 Å². The maximum Gasteiger partial charge on any atom is 0.274 e. The van der Waals surface area contributed by atoms with Crippen LogP contribution in [-0.4, -0.2) is 77.7 Å². The first kappa shape index (κ1) is 28.4. The van der Waals surface area contributed by atoms with Crippen molar-refractivity contribution >= 4 is 34.8 Å². The third kappa shape index (κ3) is 7.91. The van der Waals surface area contributed by atoms with E-state index in [0.717, 1.165) is 0 Å².